The molecular formula is C19H26F2N4O3. The maximum Gasteiger partial charge on any atom is 0.225 e. The maximum atomic E-state index is 14.2. The number of nitrogens with zero attached hydrogens (tertiary/aromatic N) is 1. The molecule has 4 N–H and O–H groups in total. The number of likely N-dealkylation sites (tertiary alicyclic amines) is 1. The second kappa shape index (κ2) is 10.1. The number of halogens is 2. The molecule has 2 rings (SSSR count). The minimum Gasteiger partial charge on any atom is -0.355 e. The Morgan fingerprint density at radius 3 is 2.71 bits per heavy atom. The molecule has 2 atom stereocenters. The van der Waals surface area contributed by atoms with Crippen LogP contribution >= 0.6 is 0 Å². The van der Waals surface area contributed by atoms with Gasteiger partial charge in [0.05, 0.1) is 18.4 Å². The number of piperidine rings is 1. The lowest BCUT2D eigenvalue weighted by molar-refractivity contribution is -0.136. The normalized spacial score (nSPS) is 17.7. The number of nitrogens with two attached hydrogens (primary N) is 1. The highest BCUT2D eigenvalue weighted by Gasteiger charge is 2.30. The minimum absolute atomic E-state index is 0.0409. The third kappa shape index (κ3) is 5.98. The number of benzene rings is 1. The molecule has 2 unspecified atom stereocenters. The molecule has 7 nitrogen and oxygen atoms in total. The number of hydrogen-bond donors (Lipinski definition) is 3. The summed E-state index contributed by atoms with van der Waals surface area (Å²) < 4.78 is 27.3. The number of carbonyl (C=O) groups excluding carboxylic acids is 3. The van der Waals surface area contributed by atoms with Crippen molar-refractivity contribution in [3.63, 3.8) is 0 Å². The molecule has 0 saturated carbocycles. The number of carbonyl (C=O) groups is 3. The zero-order valence-corrected chi connectivity index (χ0v) is 15.8. The van der Waals surface area contributed by atoms with Crippen molar-refractivity contribution < 1.29 is 23.2 Å². The monoisotopic (exact) mass is 396 g/mol. The van der Waals surface area contributed by atoms with Gasteiger partial charge in [-0.15, -0.1) is 0 Å². The average molecular weight is 396 g/mol. The van der Waals surface area contributed by atoms with Crippen molar-refractivity contribution in [1.29, 1.82) is 0 Å². The fraction of sp³-hybridized carbons (Fsp3) is 0.526. The van der Waals surface area contributed by atoms with Crippen molar-refractivity contribution >= 4 is 17.7 Å². The molecular weight excluding hydrogens is 370 g/mol. The van der Waals surface area contributed by atoms with Crippen LogP contribution in [-0.2, 0) is 14.4 Å². The molecule has 0 aliphatic carbocycles. The van der Waals surface area contributed by atoms with E-state index in [2.05, 4.69) is 10.6 Å². The van der Waals surface area contributed by atoms with Crippen LogP contribution in [0.3, 0.4) is 0 Å². The molecule has 0 bridgehead atoms. The Bertz CT molecular complexity index is 729. The molecule has 0 aromatic heterocycles. The predicted molar refractivity (Wildman–Crippen MR) is 98.9 cm³/mol. The maximum absolute atomic E-state index is 14.2. The predicted octanol–water partition coefficient (Wildman–Crippen LogP) is 0.846. The largest absolute Gasteiger partial charge is 0.355 e. The van der Waals surface area contributed by atoms with Gasteiger partial charge in [0.25, 0.3) is 0 Å². The van der Waals surface area contributed by atoms with Crippen molar-refractivity contribution in [3.05, 3.63) is 35.4 Å². The van der Waals surface area contributed by atoms with E-state index in [4.69, 9.17) is 5.73 Å². The standard InChI is InChI=1S/C19H26F2N4O3/c1-12(26)24-17(15-5-4-14(20)9-16(15)21)10-18(27)25-8-2-3-13(11-25)19(28)23-7-6-22/h4-5,9,13,17H,2-3,6-8,10-11,22H2,1H3,(H,23,28)(H,24,26). The van der Waals surface area contributed by atoms with Crippen LogP contribution in [0.5, 0.6) is 0 Å². The molecule has 1 heterocycles. The van der Waals surface area contributed by atoms with E-state index in [0.29, 0.717) is 38.5 Å². The van der Waals surface area contributed by atoms with Gasteiger partial charge in [0, 0.05) is 44.7 Å². The van der Waals surface area contributed by atoms with E-state index in [-0.39, 0.29) is 36.3 Å². The molecule has 1 aliphatic rings. The van der Waals surface area contributed by atoms with Gasteiger partial charge in [0.1, 0.15) is 11.6 Å². The molecule has 1 fully saturated rings. The lowest BCUT2D eigenvalue weighted by Crippen LogP contribution is -2.47. The molecule has 1 aromatic carbocycles. The van der Waals surface area contributed by atoms with E-state index in [9.17, 15) is 23.2 Å². The third-order valence-electron chi connectivity index (χ3n) is 4.68. The fourth-order valence-corrected chi connectivity index (χ4v) is 3.33. The Morgan fingerprint density at radius 1 is 1.32 bits per heavy atom. The molecule has 0 radical (unpaired) electrons. The summed E-state index contributed by atoms with van der Waals surface area (Å²) in [6.07, 6.45) is 1.16. The Hall–Kier alpha value is -2.55. The SMILES string of the molecule is CC(=O)NC(CC(=O)N1CCCC(C(=O)NCCN)C1)c1ccc(F)cc1F. The van der Waals surface area contributed by atoms with Gasteiger partial charge < -0.3 is 21.3 Å². The lowest BCUT2D eigenvalue weighted by atomic mass is 9.95. The van der Waals surface area contributed by atoms with Crippen LogP contribution in [0.1, 0.15) is 37.8 Å². The van der Waals surface area contributed by atoms with Crippen LogP contribution in [0.25, 0.3) is 0 Å². The zero-order valence-electron chi connectivity index (χ0n) is 15.8. The Balaban J connectivity index is 2.08. The number of hydrogen-bond acceptors (Lipinski definition) is 4. The summed E-state index contributed by atoms with van der Waals surface area (Å²) in [5.74, 6) is -2.78. The van der Waals surface area contributed by atoms with E-state index in [1.54, 1.807) is 4.90 Å². The quantitative estimate of drug-likeness (QED) is 0.635. The molecule has 1 aliphatic heterocycles. The first-order chi connectivity index (χ1) is 13.3. The lowest BCUT2D eigenvalue weighted by Gasteiger charge is -2.33. The molecule has 1 aromatic rings. The van der Waals surface area contributed by atoms with E-state index in [1.165, 1.54) is 13.0 Å². The van der Waals surface area contributed by atoms with E-state index in [0.717, 1.165) is 6.07 Å². The molecule has 3 amide bonds. The van der Waals surface area contributed by atoms with Crippen molar-refractivity contribution in [2.45, 2.75) is 32.2 Å². The molecule has 9 heteroatoms. The van der Waals surface area contributed by atoms with Crippen molar-refractivity contribution in [2.75, 3.05) is 26.2 Å². The smallest absolute Gasteiger partial charge is 0.225 e. The second-order valence-electron chi connectivity index (χ2n) is 6.88. The Labute approximate surface area is 162 Å². The van der Waals surface area contributed by atoms with Crippen LogP contribution < -0.4 is 16.4 Å². The van der Waals surface area contributed by atoms with Gasteiger partial charge in [-0.1, -0.05) is 6.07 Å². The third-order valence-corrected chi connectivity index (χ3v) is 4.68. The van der Waals surface area contributed by atoms with Crippen LogP contribution in [0, 0.1) is 17.6 Å². The van der Waals surface area contributed by atoms with Gasteiger partial charge >= 0.3 is 0 Å². The zero-order chi connectivity index (χ0) is 20.7. The Morgan fingerprint density at radius 2 is 2.07 bits per heavy atom. The summed E-state index contributed by atoms with van der Waals surface area (Å²) in [6.45, 7) is 2.71. The molecule has 28 heavy (non-hydrogen) atoms. The summed E-state index contributed by atoms with van der Waals surface area (Å²) in [4.78, 5) is 38.0. The topological polar surface area (TPSA) is 105 Å². The van der Waals surface area contributed by atoms with E-state index < -0.39 is 23.6 Å². The fourth-order valence-electron chi connectivity index (χ4n) is 3.33. The van der Waals surface area contributed by atoms with Gasteiger partial charge in [-0.2, -0.15) is 0 Å². The van der Waals surface area contributed by atoms with Gasteiger partial charge in [-0.25, -0.2) is 8.78 Å². The minimum atomic E-state index is -0.919. The first-order valence-corrected chi connectivity index (χ1v) is 9.29. The summed E-state index contributed by atoms with van der Waals surface area (Å²) in [6, 6.07) is 2.10. The van der Waals surface area contributed by atoms with Crippen LogP contribution in [0.2, 0.25) is 0 Å². The van der Waals surface area contributed by atoms with E-state index in [1.807, 2.05) is 0 Å². The van der Waals surface area contributed by atoms with Gasteiger partial charge in [0.15, 0.2) is 0 Å². The van der Waals surface area contributed by atoms with Crippen molar-refractivity contribution in [1.82, 2.24) is 15.5 Å². The van der Waals surface area contributed by atoms with Crippen LogP contribution in [-0.4, -0.2) is 48.8 Å². The highest BCUT2D eigenvalue weighted by Crippen LogP contribution is 2.24. The summed E-state index contributed by atoms with van der Waals surface area (Å²) in [5.41, 5.74) is 5.43. The highest BCUT2D eigenvalue weighted by atomic mass is 19.1. The summed E-state index contributed by atoms with van der Waals surface area (Å²) in [7, 11) is 0. The average Bonchev–Trinajstić information content (AvgIpc) is 2.65. The highest BCUT2D eigenvalue weighted by molar-refractivity contribution is 5.82. The summed E-state index contributed by atoms with van der Waals surface area (Å²) in [5, 5.41) is 5.27. The van der Waals surface area contributed by atoms with Gasteiger partial charge in [-0.05, 0) is 18.9 Å². The second-order valence-corrected chi connectivity index (χ2v) is 6.88. The van der Waals surface area contributed by atoms with Crippen LogP contribution in [0.15, 0.2) is 18.2 Å². The van der Waals surface area contributed by atoms with Crippen molar-refractivity contribution in [3.8, 4) is 0 Å². The first kappa shape index (κ1) is 21.7. The summed E-state index contributed by atoms with van der Waals surface area (Å²) >= 11 is 0. The first-order valence-electron chi connectivity index (χ1n) is 9.29. The van der Waals surface area contributed by atoms with Crippen molar-refractivity contribution in [2.24, 2.45) is 11.7 Å². The number of rotatable bonds is 7. The molecule has 1 saturated heterocycles. The molecule has 0 spiro atoms. The van der Waals surface area contributed by atoms with Gasteiger partial charge in [0.2, 0.25) is 17.7 Å². The molecule has 154 valence electrons. The van der Waals surface area contributed by atoms with Gasteiger partial charge in [-0.3, -0.25) is 14.4 Å². The van der Waals surface area contributed by atoms with Crippen LogP contribution in [0.4, 0.5) is 8.78 Å². The number of amides is 3. The van der Waals surface area contributed by atoms with E-state index >= 15 is 0 Å². The number of nitrogens with one attached hydrogen (secondary N) is 2. The Kier molecular flexibility index (Phi) is 7.86.